The molecule has 0 atom stereocenters. The van der Waals surface area contributed by atoms with E-state index in [1.54, 1.807) is 17.5 Å². The van der Waals surface area contributed by atoms with Crippen LogP contribution in [0.2, 0.25) is 0 Å². The minimum atomic E-state index is -1.76. The van der Waals surface area contributed by atoms with Gasteiger partial charge in [-0.15, -0.1) is 11.3 Å². The Morgan fingerprint density at radius 1 is 1.00 bits per heavy atom. The van der Waals surface area contributed by atoms with Crippen molar-refractivity contribution in [3.8, 4) is 0 Å². The molecule has 82 valence electrons. The summed E-state index contributed by atoms with van der Waals surface area (Å²) in [5, 5.41) is 1.72. The van der Waals surface area contributed by atoms with Crippen LogP contribution >= 0.6 is 11.3 Å². The summed E-state index contributed by atoms with van der Waals surface area (Å²) >= 11 is 1.23. The normalized spacial score (nSPS) is 10.2. The fraction of sp³-hybridized carbons (Fsp3) is 0. The van der Waals surface area contributed by atoms with Crippen LogP contribution in [0.1, 0.15) is 10.4 Å². The largest absolute Gasteiger partial charge is 0.279 e. The molecule has 0 bridgehead atoms. The summed E-state index contributed by atoms with van der Waals surface area (Å²) in [5.41, 5.74) is 0.193. The second kappa shape index (κ2) is 4.53. The molecule has 0 aliphatic heterocycles. The van der Waals surface area contributed by atoms with Gasteiger partial charge in [0.25, 0.3) is 6.08 Å². The van der Waals surface area contributed by atoms with Crippen molar-refractivity contribution in [3.63, 3.8) is 0 Å². The van der Waals surface area contributed by atoms with Gasteiger partial charge >= 0.3 is 0 Å². The van der Waals surface area contributed by atoms with Crippen LogP contribution in [-0.4, -0.2) is 0 Å². The van der Waals surface area contributed by atoms with Gasteiger partial charge in [0.15, 0.2) is 0 Å². The van der Waals surface area contributed by atoms with E-state index in [0.29, 0.717) is 10.4 Å². The molecule has 0 radical (unpaired) electrons. The minimum Gasteiger partial charge on any atom is -0.207 e. The summed E-state index contributed by atoms with van der Waals surface area (Å²) < 4.78 is 38.4. The molecule has 0 N–H and O–H groups in total. The highest BCUT2D eigenvalue weighted by Gasteiger charge is 2.12. The van der Waals surface area contributed by atoms with Gasteiger partial charge in [0.05, 0.1) is 5.57 Å². The Morgan fingerprint density at radius 2 is 1.69 bits per heavy atom. The summed E-state index contributed by atoms with van der Waals surface area (Å²) in [6.45, 7) is 0. The van der Waals surface area contributed by atoms with Gasteiger partial charge in [-0.1, -0.05) is 18.2 Å². The van der Waals surface area contributed by atoms with E-state index in [0.717, 1.165) is 0 Å². The van der Waals surface area contributed by atoms with Crippen molar-refractivity contribution >= 4 is 16.9 Å². The number of thiophene rings is 1. The quantitative estimate of drug-likeness (QED) is 0.722. The monoisotopic (exact) mass is 240 g/mol. The summed E-state index contributed by atoms with van der Waals surface area (Å²) in [5.74, 6) is -0.437. The smallest absolute Gasteiger partial charge is 0.207 e. The second-order valence-electron chi connectivity index (χ2n) is 3.12. The molecule has 0 amide bonds. The lowest BCUT2D eigenvalue weighted by Crippen LogP contribution is -1.87. The zero-order chi connectivity index (χ0) is 11.5. The van der Waals surface area contributed by atoms with Gasteiger partial charge in [-0.2, -0.15) is 8.78 Å². The van der Waals surface area contributed by atoms with Crippen molar-refractivity contribution in [2.45, 2.75) is 0 Å². The Labute approximate surface area is 94.7 Å². The lowest BCUT2D eigenvalue weighted by atomic mass is 10.1. The van der Waals surface area contributed by atoms with Crippen LogP contribution in [0.3, 0.4) is 0 Å². The predicted octanol–water partition coefficient (Wildman–Crippen LogP) is 4.54. The number of hydrogen-bond donors (Lipinski definition) is 0. The molecule has 0 aliphatic rings. The van der Waals surface area contributed by atoms with E-state index < -0.39 is 11.9 Å². The van der Waals surface area contributed by atoms with E-state index in [1.807, 2.05) is 0 Å². The second-order valence-corrected chi connectivity index (χ2v) is 4.07. The molecule has 1 aromatic carbocycles. The number of rotatable bonds is 2. The maximum Gasteiger partial charge on any atom is 0.279 e. The fourth-order valence-corrected chi connectivity index (χ4v) is 2.16. The lowest BCUT2D eigenvalue weighted by Gasteiger charge is -2.03. The molecule has 0 fully saturated rings. The van der Waals surface area contributed by atoms with Crippen molar-refractivity contribution in [2.24, 2.45) is 0 Å². The first-order chi connectivity index (χ1) is 7.68. The van der Waals surface area contributed by atoms with Crippen LogP contribution in [0.25, 0.3) is 5.57 Å². The average Bonchev–Trinajstić information content (AvgIpc) is 2.74. The molecule has 0 unspecified atom stereocenters. The van der Waals surface area contributed by atoms with Crippen molar-refractivity contribution in [2.75, 3.05) is 0 Å². The van der Waals surface area contributed by atoms with Crippen LogP contribution in [0, 0.1) is 5.82 Å². The highest BCUT2D eigenvalue weighted by Crippen LogP contribution is 2.31. The van der Waals surface area contributed by atoms with Gasteiger partial charge in [0, 0.05) is 4.88 Å². The fourth-order valence-electron chi connectivity index (χ4n) is 1.38. The maximum absolute atomic E-state index is 12.8. The molecule has 2 aromatic rings. The molecule has 0 spiro atoms. The molecule has 0 saturated heterocycles. The van der Waals surface area contributed by atoms with E-state index in [2.05, 4.69) is 0 Å². The van der Waals surface area contributed by atoms with Crippen LogP contribution in [0.15, 0.2) is 47.9 Å². The third-order valence-corrected chi connectivity index (χ3v) is 2.98. The number of halogens is 3. The van der Waals surface area contributed by atoms with Gasteiger partial charge < -0.3 is 0 Å². The van der Waals surface area contributed by atoms with Crippen molar-refractivity contribution in [1.82, 2.24) is 0 Å². The Hall–Kier alpha value is -1.55. The summed E-state index contributed by atoms with van der Waals surface area (Å²) in [4.78, 5) is 0.478. The van der Waals surface area contributed by atoms with E-state index in [4.69, 9.17) is 0 Å². The van der Waals surface area contributed by atoms with E-state index in [1.165, 1.54) is 35.6 Å². The Bertz CT molecular complexity index is 494. The zero-order valence-corrected chi connectivity index (χ0v) is 8.90. The SMILES string of the molecule is FC(F)=C(c1ccc(F)cc1)c1cccs1. The van der Waals surface area contributed by atoms with Crippen LogP contribution in [0.5, 0.6) is 0 Å². The lowest BCUT2D eigenvalue weighted by molar-refractivity contribution is 0.426. The first-order valence-corrected chi connectivity index (χ1v) is 5.41. The average molecular weight is 240 g/mol. The van der Waals surface area contributed by atoms with Crippen molar-refractivity contribution in [1.29, 1.82) is 0 Å². The van der Waals surface area contributed by atoms with E-state index in [-0.39, 0.29) is 5.57 Å². The first-order valence-electron chi connectivity index (χ1n) is 4.53. The molecular weight excluding hydrogens is 233 g/mol. The van der Waals surface area contributed by atoms with E-state index in [9.17, 15) is 13.2 Å². The minimum absolute atomic E-state index is 0.130. The molecule has 4 heteroatoms. The van der Waals surface area contributed by atoms with Gasteiger partial charge in [0.1, 0.15) is 5.82 Å². The molecule has 2 rings (SSSR count). The molecule has 0 nitrogen and oxygen atoms in total. The van der Waals surface area contributed by atoms with Gasteiger partial charge in [-0.3, -0.25) is 0 Å². The van der Waals surface area contributed by atoms with Gasteiger partial charge in [-0.05, 0) is 29.1 Å². The number of hydrogen-bond acceptors (Lipinski definition) is 1. The zero-order valence-electron chi connectivity index (χ0n) is 8.08. The molecule has 1 heterocycles. The molecular formula is C12H7F3S. The summed E-state index contributed by atoms with van der Waals surface area (Å²) in [6, 6.07) is 8.36. The standard InChI is InChI=1S/C12H7F3S/c13-9-5-3-8(4-6-9)11(12(14)15)10-2-1-7-16-10/h1-7H. The Morgan fingerprint density at radius 3 is 2.19 bits per heavy atom. The molecule has 0 aliphatic carbocycles. The topological polar surface area (TPSA) is 0 Å². The first kappa shape index (κ1) is 11.0. The van der Waals surface area contributed by atoms with Crippen LogP contribution < -0.4 is 0 Å². The predicted molar refractivity (Wildman–Crippen MR) is 59.0 cm³/mol. The van der Waals surface area contributed by atoms with Crippen molar-refractivity contribution < 1.29 is 13.2 Å². The van der Waals surface area contributed by atoms with Crippen molar-refractivity contribution in [3.05, 3.63) is 64.1 Å². The molecule has 1 aromatic heterocycles. The molecule has 0 saturated carbocycles. The van der Waals surface area contributed by atoms with Gasteiger partial charge in [0.2, 0.25) is 0 Å². The van der Waals surface area contributed by atoms with Crippen LogP contribution in [0.4, 0.5) is 13.2 Å². The summed E-state index contributed by atoms with van der Waals surface area (Å²) in [7, 11) is 0. The highest BCUT2D eigenvalue weighted by atomic mass is 32.1. The summed E-state index contributed by atoms with van der Waals surface area (Å²) in [6.07, 6.45) is -1.76. The Kier molecular flexibility index (Phi) is 3.10. The maximum atomic E-state index is 12.8. The van der Waals surface area contributed by atoms with Crippen LogP contribution in [-0.2, 0) is 0 Å². The number of benzene rings is 1. The Balaban J connectivity index is 2.51. The van der Waals surface area contributed by atoms with E-state index >= 15 is 0 Å². The third-order valence-electron chi connectivity index (χ3n) is 2.09. The third kappa shape index (κ3) is 2.17. The highest BCUT2D eigenvalue weighted by molar-refractivity contribution is 7.11. The van der Waals surface area contributed by atoms with Gasteiger partial charge in [-0.25, -0.2) is 4.39 Å². The molecule has 16 heavy (non-hydrogen) atoms.